The molecule has 0 fully saturated rings. The van der Waals surface area contributed by atoms with Gasteiger partial charge in [-0.2, -0.15) is 0 Å². The topological polar surface area (TPSA) is 101 Å². The van der Waals surface area contributed by atoms with Crippen LogP contribution in [-0.2, 0) is 16.0 Å². The average Bonchev–Trinajstić information content (AvgIpc) is 2.46. The van der Waals surface area contributed by atoms with Crippen molar-refractivity contribution < 1.29 is 19.1 Å². The third kappa shape index (κ3) is 5.16. The summed E-state index contributed by atoms with van der Waals surface area (Å²) in [6, 6.07) is 1.10. The maximum absolute atomic E-state index is 11.9. The molecule has 0 bridgehead atoms. The number of halogens is 1. The molecule has 124 valence electrons. The second kappa shape index (κ2) is 9.97. The van der Waals surface area contributed by atoms with Gasteiger partial charge >= 0.3 is 11.9 Å². The van der Waals surface area contributed by atoms with E-state index in [1.54, 1.807) is 13.8 Å². The highest BCUT2D eigenvalue weighted by atomic mass is 35.5. The summed E-state index contributed by atoms with van der Waals surface area (Å²) in [5.74, 6) is -1.32. The average molecular weight is 333 g/mol. The minimum absolute atomic E-state index is 0. The van der Waals surface area contributed by atoms with E-state index in [1.807, 2.05) is 0 Å². The first-order valence-corrected chi connectivity index (χ1v) is 6.83. The number of nitrogens with zero attached hydrogens (tertiary/aromatic N) is 1. The predicted octanol–water partition coefficient (Wildman–Crippen LogP) is 0.972. The van der Waals surface area contributed by atoms with E-state index < -0.39 is 17.4 Å². The van der Waals surface area contributed by atoms with E-state index in [0.717, 1.165) is 6.07 Å². The van der Waals surface area contributed by atoms with Gasteiger partial charge in [-0.05, 0) is 26.8 Å². The van der Waals surface area contributed by atoms with Crippen LogP contribution >= 0.6 is 12.4 Å². The Morgan fingerprint density at radius 2 is 1.77 bits per heavy atom. The quantitative estimate of drug-likeness (QED) is 0.747. The van der Waals surface area contributed by atoms with Gasteiger partial charge in [0.1, 0.15) is 11.3 Å². The van der Waals surface area contributed by atoms with Crippen molar-refractivity contribution in [1.29, 1.82) is 0 Å². The van der Waals surface area contributed by atoms with Gasteiger partial charge in [-0.25, -0.2) is 9.59 Å². The van der Waals surface area contributed by atoms with E-state index in [0.29, 0.717) is 19.5 Å². The monoisotopic (exact) mass is 332 g/mol. The number of ether oxygens (including phenoxy) is 2. The largest absolute Gasteiger partial charge is 0.462 e. The number of pyridine rings is 1. The van der Waals surface area contributed by atoms with E-state index in [1.165, 1.54) is 10.8 Å². The van der Waals surface area contributed by atoms with Gasteiger partial charge in [0.25, 0.3) is 0 Å². The number of rotatable bonds is 7. The Kier molecular flexibility index (Phi) is 9.12. The Balaban J connectivity index is 0.00000441. The van der Waals surface area contributed by atoms with Gasteiger partial charge in [0, 0.05) is 18.8 Å². The Morgan fingerprint density at radius 1 is 1.18 bits per heavy atom. The van der Waals surface area contributed by atoms with Crippen LogP contribution in [0.25, 0.3) is 0 Å². The minimum Gasteiger partial charge on any atom is -0.462 e. The minimum atomic E-state index is -0.709. The number of esters is 2. The number of nitrogens with two attached hydrogens (primary N) is 1. The van der Waals surface area contributed by atoms with Crippen LogP contribution in [0.2, 0.25) is 0 Å². The molecule has 0 aromatic carbocycles. The SMILES string of the molecule is CCOC(=O)c1cn(CCCN)c(C(=O)OCC)cc1=O.Cl. The molecule has 8 heteroatoms. The molecular formula is C14H21ClN2O5. The van der Waals surface area contributed by atoms with E-state index in [-0.39, 0.29) is 36.9 Å². The van der Waals surface area contributed by atoms with E-state index >= 15 is 0 Å². The highest BCUT2D eigenvalue weighted by molar-refractivity contribution is 5.91. The van der Waals surface area contributed by atoms with Crippen molar-refractivity contribution >= 4 is 24.3 Å². The second-order valence-corrected chi connectivity index (χ2v) is 4.21. The van der Waals surface area contributed by atoms with Crippen LogP contribution in [0.1, 0.15) is 41.1 Å². The summed E-state index contributed by atoms with van der Waals surface area (Å²) in [5, 5.41) is 0. The molecule has 0 amide bonds. The summed E-state index contributed by atoms with van der Waals surface area (Å²) in [4.78, 5) is 35.5. The summed E-state index contributed by atoms with van der Waals surface area (Å²) in [6.07, 6.45) is 1.92. The lowest BCUT2D eigenvalue weighted by molar-refractivity contribution is 0.0498. The molecule has 1 rings (SSSR count). The Hall–Kier alpha value is -1.86. The molecule has 0 aliphatic heterocycles. The van der Waals surface area contributed by atoms with Crippen LogP contribution in [-0.4, -0.2) is 36.3 Å². The van der Waals surface area contributed by atoms with Crippen LogP contribution < -0.4 is 11.2 Å². The molecule has 0 aliphatic carbocycles. The summed E-state index contributed by atoms with van der Waals surface area (Å²) in [7, 11) is 0. The molecule has 0 saturated heterocycles. The van der Waals surface area contributed by atoms with Crippen LogP contribution in [0.5, 0.6) is 0 Å². The first kappa shape index (κ1) is 20.1. The maximum atomic E-state index is 11.9. The van der Waals surface area contributed by atoms with Gasteiger partial charge in [0.2, 0.25) is 0 Å². The molecule has 0 unspecified atom stereocenters. The number of carbonyl (C=O) groups is 2. The number of aryl methyl sites for hydroxylation is 1. The van der Waals surface area contributed by atoms with Crippen LogP contribution in [0, 0.1) is 0 Å². The van der Waals surface area contributed by atoms with E-state index in [2.05, 4.69) is 0 Å². The summed E-state index contributed by atoms with van der Waals surface area (Å²) in [6.45, 7) is 4.51. The fourth-order valence-electron chi connectivity index (χ4n) is 1.76. The lowest BCUT2D eigenvalue weighted by Gasteiger charge is -2.13. The zero-order valence-electron chi connectivity index (χ0n) is 12.7. The smallest absolute Gasteiger partial charge is 0.355 e. The third-order valence-corrected chi connectivity index (χ3v) is 2.71. The number of carbonyl (C=O) groups excluding carboxylic acids is 2. The maximum Gasteiger partial charge on any atom is 0.355 e. The fourth-order valence-corrected chi connectivity index (χ4v) is 1.76. The molecule has 1 aromatic heterocycles. The van der Waals surface area contributed by atoms with Gasteiger partial charge in [0.15, 0.2) is 5.43 Å². The van der Waals surface area contributed by atoms with Crippen molar-refractivity contribution in [1.82, 2.24) is 4.57 Å². The fraction of sp³-hybridized carbons (Fsp3) is 0.500. The Labute approximate surface area is 134 Å². The van der Waals surface area contributed by atoms with Crippen LogP contribution in [0.3, 0.4) is 0 Å². The van der Waals surface area contributed by atoms with Crippen molar-refractivity contribution in [3.63, 3.8) is 0 Å². The van der Waals surface area contributed by atoms with Crippen molar-refractivity contribution in [3.05, 3.63) is 33.7 Å². The van der Waals surface area contributed by atoms with Gasteiger partial charge in [-0.1, -0.05) is 0 Å². The molecule has 2 N–H and O–H groups in total. The van der Waals surface area contributed by atoms with Crippen molar-refractivity contribution in [2.75, 3.05) is 19.8 Å². The third-order valence-electron chi connectivity index (χ3n) is 2.71. The zero-order chi connectivity index (χ0) is 15.8. The molecule has 1 heterocycles. The molecule has 0 atom stereocenters. The molecular weight excluding hydrogens is 312 g/mol. The van der Waals surface area contributed by atoms with Gasteiger partial charge < -0.3 is 19.8 Å². The molecule has 22 heavy (non-hydrogen) atoms. The summed E-state index contributed by atoms with van der Waals surface area (Å²) < 4.78 is 11.2. The van der Waals surface area contributed by atoms with Gasteiger partial charge in [-0.15, -0.1) is 12.4 Å². The molecule has 0 saturated carbocycles. The predicted molar refractivity (Wildman–Crippen MR) is 83.5 cm³/mol. The molecule has 0 spiro atoms. The zero-order valence-corrected chi connectivity index (χ0v) is 13.5. The van der Waals surface area contributed by atoms with Gasteiger partial charge in [-0.3, -0.25) is 4.79 Å². The standard InChI is InChI=1S/C14H20N2O5.ClH/c1-3-20-13(18)10-9-16(7-5-6-15)11(8-12(10)17)14(19)21-4-2;/h8-9H,3-7,15H2,1-2H3;1H. The normalized spacial score (nSPS) is 9.77. The summed E-state index contributed by atoms with van der Waals surface area (Å²) in [5.41, 5.74) is 4.88. The van der Waals surface area contributed by atoms with Crippen molar-refractivity contribution in [2.24, 2.45) is 5.73 Å². The van der Waals surface area contributed by atoms with Crippen LogP contribution in [0.15, 0.2) is 17.1 Å². The van der Waals surface area contributed by atoms with Crippen molar-refractivity contribution in [2.45, 2.75) is 26.8 Å². The lowest BCUT2D eigenvalue weighted by atomic mass is 10.2. The van der Waals surface area contributed by atoms with Gasteiger partial charge in [0.05, 0.1) is 13.2 Å². The molecule has 1 aromatic rings. The summed E-state index contributed by atoms with van der Waals surface area (Å²) >= 11 is 0. The van der Waals surface area contributed by atoms with Crippen molar-refractivity contribution in [3.8, 4) is 0 Å². The number of aromatic nitrogens is 1. The molecule has 0 aliphatic rings. The highest BCUT2D eigenvalue weighted by Gasteiger charge is 2.18. The molecule has 0 radical (unpaired) electrons. The lowest BCUT2D eigenvalue weighted by Crippen LogP contribution is -2.25. The molecule has 7 nitrogen and oxygen atoms in total. The van der Waals surface area contributed by atoms with E-state index in [4.69, 9.17) is 15.2 Å². The number of hydrogen-bond acceptors (Lipinski definition) is 6. The Morgan fingerprint density at radius 3 is 2.32 bits per heavy atom. The van der Waals surface area contributed by atoms with Crippen LogP contribution in [0.4, 0.5) is 0 Å². The first-order chi connectivity index (χ1) is 10.0. The van der Waals surface area contributed by atoms with E-state index in [9.17, 15) is 14.4 Å². The second-order valence-electron chi connectivity index (χ2n) is 4.21. The number of hydrogen-bond donors (Lipinski definition) is 1. The Bertz CT molecular complexity index is 571. The highest BCUT2D eigenvalue weighted by Crippen LogP contribution is 2.06. The first-order valence-electron chi connectivity index (χ1n) is 6.83.